The molecule has 0 aromatic heterocycles. The van der Waals surface area contributed by atoms with Crippen LogP contribution in [0.2, 0.25) is 0 Å². The van der Waals surface area contributed by atoms with Gasteiger partial charge in [0, 0.05) is 18.7 Å². The minimum atomic E-state index is -0.810. The fourth-order valence-electron chi connectivity index (χ4n) is 3.04. The van der Waals surface area contributed by atoms with Crippen LogP contribution in [-0.2, 0) is 22.6 Å². The van der Waals surface area contributed by atoms with Crippen LogP contribution in [0.25, 0.3) is 0 Å². The standard InChI is InChI=1S/C16H19NO4/c18-15(17-6-1-2-13(9-17)16(19)20)12-3-4-14-10-21-7-5-11(14)8-12/h3-4,8,13H,1-2,5-7,9-10H2,(H,19,20). The average Bonchev–Trinajstić information content (AvgIpc) is 2.53. The number of hydrogen-bond acceptors (Lipinski definition) is 3. The molecule has 2 aliphatic heterocycles. The smallest absolute Gasteiger partial charge is 0.308 e. The molecule has 5 nitrogen and oxygen atoms in total. The number of carbonyl (C=O) groups excluding carboxylic acids is 1. The Morgan fingerprint density at radius 2 is 2.14 bits per heavy atom. The Kier molecular flexibility index (Phi) is 3.92. The zero-order valence-electron chi connectivity index (χ0n) is 11.9. The van der Waals surface area contributed by atoms with Crippen LogP contribution in [0.1, 0.15) is 34.3 Å². The first-order valence-electron chi connectivity index (χ1n) is 7.37. The van der Waals surface area contributed by atoms with Crippen molar-refractivity contribution in [3.8, 4) is 0 Å². The van der Waals surface area contributed by atoms with Crippen molar-refractivity contribution in [1.82, 2.24) is 4.90 Å². The number of amides is 1. The maximum atomic E-state index is 12.6. The van der Waals surface area contributed by atoms with Gasteiger partial charge in [-0.25, -0.2) is 0 Å². The minimum Gasteiger partial charge on any atom is -0.481 e. The van der Waals surface area contributed by atoms with Crippen LogP contribution >= 0.6 is 0 Å². The minimum absolute atomic E-state index is 0.0600. The molecule has 1 atom stereocenters. The maximum absolute atomic E-state index is 12.6. The Balaban J connectivity index is 1.77. The molecule has 1 fully saturated rings. The van der Waals surface area contributed by atoms with Gasteiger partial charge in [0.2, 0.25) is 0 Å². The maximum Gasteiger partial charge on any atom is 0.308 e. The lowest BCUT2D eigenvalue weighted by Gasteiger charge is -2.31. The molecule has 1 amide bonds. The highest BCUT2D eigenvalue weighted by molar-refractivity contribution is 5.95. The second-order valence-corrected chi connectivity index (χ2v) is 5.71. The van der Waals surface area contributed by atoms with E-state index in [0.29, 0.717) is 38.3 Å². The van der Waals surface area contributed by atoms with Gasteiger partial charge in [0.05, 0.1) is 19.1 Å². The second kappa shape index (κ2) is 5.85. The molecule has 0 radical (unpaired) electrons. The summed E-state index contributed by atoms with van der Waals surface area (Å²) < 4.78 is 5.39. The lowest BCUT2D eigenvalue weighted by molar-refractivity contribution is -0.143. The largest absolute Gasteiger partial charge is 0.481 e. The summed E-state index contributed by atoms with van der Waals surface area (Å²) in [5, 5.41) is 9.11. The van der Waals surface area contributed by atoms with Gasteiger partial charge in [-0.1, -0.05) is 6.07 Å². The number of piperidine rings is 1. The monoisotopic (exact) mass is 289 g/mol. The third-order valence-corrected chi connectivity index (χ3v) is 4.28. The van der Waals surface area contributed by atoms with Crippen LogP contribution in [0, 0.1) is 5.92 Å². The molecule has 1 N–H and O–H groups in total. The Morgan fingerprint density at radius 3 is 2.95 bits per heavy atom. The summed E-state index contributed by atoms with van der Waals surface area (Å²) in [5.74, 6) is -1.31. The number of rotatable bonds is 2. The van der Waals surface area contributed by atoms with Crippen molar-refractivity contribution in [1.29, 1.82) is 0 Å². The van der Waals surface area contributed by atoms with E-state index in [2.05, 4.69) is 0 Å². The number of fused-ring (bicyclic) bond motifs is 1. The molecule has 2 aliphatic rings. The molecule has 2 heterocycles. The molecule has 1 aromatic rings. The van der Waals surface area contributed by atoms with E-state index >= 15 is 0 Å². The number of benzene rings is 1. The molecule has 0 spiro atoms. The predicted molar refractivity (Wildman–Crippen MR) is 76.1 cm³/mol. The molecule has 5 heteroatoms. The number of nitrogens with zero attached hydrogens (tertiary/aromatic N) is 1. The van der Waals surface area contributed by atoms with Crippen molar-refractivity contribution >= 4 is 11.9 Å². The molecule has 0 aliphatic carbocycles. The number of carbonyl (C=O) groups is 2. The Morgan fingerprint density at radius 1 is 1.29 bits per heavy atom. The van der Waals surface area contributed by atoms with Crippen molar-refractivity contribution in [2.75, 3.05) is 19.7 Å². The van der Waals surface area contributed by atoms with Gasteiger partial charge >= 0.3 is 5.97 Å². The quantitative estimate of drug-likeness (QED) is 0.900. The zero-order chi connectivity index (χ0) is 14.8. The van der Waals surface area contributed by atoms with Crippen LogP contribution in [0.3, 0.4) is 0 Å². The Hall–Kier alpha value is -1.88. The molecule has 1 aromatic carbocycles. The second-order valence-electron chi connectivity index (χ2n) is 5.71. The summed E-state index contributed by atoms with van der Waals surface area (Å²) in [4.78, 5) is 25.3. The fourth-order valence-corrected chi connectivity index (χ4v) is 3.04. The molecule has 112 valence electrons. The molecule has 0 bridgehead atoms. The molecule has 21 heavy (non-hydrogen) atoms. The van der Waals surface area contributed by atoms with Gasteiger partial charge < -0.3 is 14.7 Å². The van der Waals surface area contributed by atoms with Gasteiger partial charge in [-0.2, -0.15) is 0 Å². The van der Waals surface area contributed by atoms with Crippen LogP contribution < -0.4 is 0 Å². The molecule has 1 unspecified atom stereocenters. The molecule has 3 rings (SSSR count). The van der Waals surface area contributed by atoms with E-state index in [1.165, 1.54) is 5.56 Å². The third kappa shape index (κ3) is 2.93. The number of ether oxygens (including phenoxy) is 1. The highest BCUT2D eigenvalue weighted by atomic mass is 16.5. The first-order valence-corrected chi connectivity index (χ1v) is 7.37. The number of carboxylic acid groups (broad SMARTS) is 1. The Bertz CT molecular complexity index is 569. The van der Waals surface area contributed by atoms with Crippen LogP contribution in [-0.4, -0.2) is 41.6 Å². The number of carboxylic acids is 1. The summed E-state index contributed by atoms with van der Waals surface area (Å²) in [6.45, 7) is 2.25. The van der Waals surface area contributed by atoms with Crippen molar-refractivity contribution in [3.63, 3.8) is 0 Å². The van der Waals surface area contributed by atoms with Gasteiger partial charge in [0.1, 0.15) is 0 Å². The summed E-state index contributed by atoms with van der Waals surface area (Å²) >= 11 is 0. The first-order chi connectivity index (χ1) is 10.1. The van der Waals surface area contributed by atoms with E-state index in [0.717, 1.165) is 18.4 Å². The molecular weight excluding hydrogens is 270 g/mol. The van der Waals surface area contributed by atoms with Gasteiger partial charge in [0.25, 0.3) is 5.91 Å². The summed E-state index contributed by atoms with van der Waals surface area (Å²) in [6.07, 6.45) is 2.23. The molecule has 0 saturated carbocycles. The highest BCUT2D eigenvalue weighted by Crippen LogP contribution is 2.22. The number of aliphatic carboxylic acids is 1. The fraction of sp³-hybridized carbons (Fsp3) is 0.500. The highest BCUT2D eigenvalue weighted by Gasteiger charge is 2.28. The van der Waals surface area contributed by atoms with E-state index in [9.17, 15) is 9.59 Å². The van der Waals surface area contributed by atoms with Crippen molar-refractivity contribution in [2.45, 2.75) is 25.9 Å². The van der Waals surface area contributed by atoms with Crippen molar-refractivity contribution < 1.29 is 19.4 Å². The first kappa shape index (κ1) is 14.1. The van der Waals surface area contributed by atoms with Gasteiger partial charge in [-0.15, -0.1) is 0 Å². The van der Waals surface area contributed by atoms with E-state index in [-0.39, 0.29) is 5.91 Å². The zero-order valence-corrected chi connectivity index (χ0v) is 11.9. The van der Waals surface area contributed by atoms with E-state index in [4.69, 9.17) is 9.84 Å². The SMILES string of the molecule is O=C(O)C1CCCN(C(=O)c2ccc3c(c2)CCOC3)C1. The molecule has 1 saturated heterocycles. The van der Waals surface area contributed by atoms with E-state index in [1.54, 1.807) is 4.90 Å². The van der Waals surface area contributed by atoms with Crippen molar-refractivity contribution in [2.24, 2.45) is 5.92 Å². The van der Waals surface area contributed by atoms with Gasteiger partial charge in [-0.05, 0) is 42.5 Å². The Labute approximate surface area is 123 Å². The van der Waals surface area contributed by atoms with E-state index < -0.39 is 11.9 Å². The predicted octanol–water partition coefficient (Wildman–Crippen LogP) is 1.70. The van der Waals surface area contributed by atoms with Crippen LogP contribution in [0.15, 0.2) is 18.2 Å². The van der Waals surface area contributed by atoms with E-state index in [1.807, 2.05) is 18.2 Å². The van der Waals surface area contributed by atoms with Gasteiger partial charge in [0.15, 0.2) is 0 Å². The number of likely N-dealkylation sites (tertiary alicyclic amines) is 1. The van der Waals surface area contributed by atoms with Gasteiger partial charge in [-0.3, -0.25) is 9.59 Å². The average molecular weight is 289 g/mol. The third-order valence-electron chi connectivity index (χ3n) is 4.28. The summed E-state index contributed by atoms with van der Waals surface area (Å²) in [7, 11) is 0. The van der Waals surface area contributed by atoms with Crippen molar-refractivity contribution in [3.05, 3.63) is 34.9 Å². The van der Waals surface area contributed by atoms with Crippen LogP contribution in [0.4, 0.5) is 0 Å². The normalized spacial score (nSPS) is 21.7. The topological polar surface area (TPSA) is 66.8 Å². The number of hydrogen-bond donors (Lipinski definition) is 1. The van der Waals surface area contributed by atoms with Crippen LogP contribution in [0.5, 0.6) is 0 Å². The lowest BCUT2D eigenvalue weighted by atomic mass is 9.96. The lowest BCUT2D eigenvalue weighted by Crippen LogP contribution is -2.42. The summed E-state index contributed by atoms with van der Waals surface area (Å²) in [5.41, 5.74) is 2.96. The summed E-state index contributed by atoms with van der Waals surface area (Å²) in [6, 6.07) is 5.70. The molecular formula is C16H19NO4.